The summed E-state index contributed by atoms with van der Waals surface area (Å²) < 4.78 is 46.2. The van der Waals surface area contributed by atoms with Gasteiger partial charge in [-0.15, -0.1) is 5.10 Å². The van der Waals surface area contributed by atoms with Crippen LogP contribution in [0.25, 0.3) is 11.5 Å². The third-order valence-corrected chi connectivity index (χ3v) is 5.59. The monoisotopic (exact) mass is 447 g/mol. The van der Waals surface area contributed by atoms with Crippen LogP contribution in [0.1, 0.15) is 53.5 Å². The van der Waals surface area contributed by atoms with Crippen LogP contribution in [0.4, 0.5) is 13.2 Å². The first-order valence-electron chi connectivity index (χ1n) is 10.1. The molecule has 32 heavy (non-hydrogen) atoms. The molecule has 3 aromatic rings. The van der Waals surface area contributed by atoms with Crippen LogP contribution in [0.15, 0.2) is 22.7 Å². The molecule has 168 valence electrons. The van der Waals surface area contributed by atoms with Gasteiger partial charge in [0.15, 0.2) is 17.4 Å². The van der Waals surface area contributed by atoms with Gasteiger partial charge in [0.05, 0.1) is 11.3 Å². The van der Waals surface area contributed by atoms with Crippen molar-refractivity contribution in [2.75, 3.05) is 6.54 Å². The average molecular weight is 447 g/mol. The van der Waals surface area contributed by atoms with Crippen molar-refractivity contribution in [3.05, 3.63) is 52.8 Å². The van der Waals surface area contributed by atoms with E-state index >= 15 is 0 Å². The molecule has 2 N–H and O–H groups in total. The Bertz CT molecular complexity index is 1130. The van der Waals surface area contributed by atoms with Gasteiger partial charge in [-0.1, -0.05) is 5.16 Å². The fourth-order valence-corrected chi connectivity index (χ4v) is 3.72. The Morgan fingerprint density at radius 2 is 1.91 bits per heavy atom. The van der Waals surface area contributed by atoms with Crippen LogP contribution in [0.2, 0.25) is 0 Å². The number of hydrogen-bond acceptors (Lipinski definition) is 7. The summed E-state index contributed by atoms with van der Waals surface area (Å²) >= 11 is 0. The fourth-order valence-electron chi connectivity index (χ4n) is 3.72. The lowest BCUT2D eigenvalue weighted by Crippen LogP contribution is -2.32. The van der Waals surface area contributed by atoms with Crippen molar-refractivity contribution in [3.63, 3.8) is 0 Å². The molecule has 8 nitrogen and oxygen atoms in total. The predicted molar refractivity (Wildman–Crippen MR) is 105 cm³/mol. The normalized spacial score (nSPS) is 18.5. The van der Waals surface area contributed by atoms with Gasteiger partial charge in [-0.25, -0.2) is 8.78 Å². The quantitative estimate of drug-likeness (QED) is 0.574. The van der Waals surface area contributed by atoms with Gasteiger partial charge in [-0.2, -0.15) is 14.5 Å². The molecular formula is C21H20F3N5O3. The van der Waals surface area contributed by atoms with Crippen molar-refractivity contribution in [3.8, 4) is 17.3 Å². The number of hydrogen-bond donors (Lipinski definition) is 2. The highest BCUT2D eigenvalue weighted by molar-refractivity contribution is 5.94. The maximum absolute atomic E-state index is 13.8. The summed E-state index contributed by atoms with van der Waals surface area (Å²) in [7, 11) is 0. The molecule has 0 bridgehead atoms. The zero-order valence-electron chi connectivity index (χ0n) is 17.1. The topological polar surface area (TPSA) is 114 Å². The van der Waals surface area contributed by atoms with E-state index < -0.39 is 34.7 Å². The van der Waals surface area contributed by atoms with E-state index in [1.54, 1.807) is 6.07 Å². The van der Waals surface area contributed by atoms with E-state index in [0.29, 0.717) is 23.5 Å². The van der Waals surface area contributed by atoms with Crippen molar-refractivity contribution >= 4 is 5.91 Å². The van der Waals surface area contributed by atoms with Gasteiger partial charge in [0.1, 0.15) is 5.69 Å². The Hall–Kier alpha value is -3.50. The molecule has 1 aliphatic carbocycles. The first-order chi connectivity index (χ1) is 15.3. The predicted octanol–water partition coefficient (Wildman–Crippen LogP) is 3.66. The fraction of sp³-hybridized carbons (Fsp3) is 0.381. The molecule has 2 aromatic heterocycles. The standard InChI is InChI=1S/C21H20F3N5O3/c1-10-2-7-15(28-27-10)19-26-21(32-29-19)12-5-3-11(4-6-12)9-25-20(31)13-8-14(22)18(30)17(24)16(13)23/h2,7-8,11-12,30H,3-6,9H2,1H3,(H,25,31)/t11-,12-. The molecule has 0 aliphatic heterocycles. The smallest absolute Gasteiger partial charge is 0.254 e. The molecule has 0 spiro atoms. The SMILES string of the molecule is Cc1ccc(-c2noc([C@H]3CC[C@H](CNC(=O)c4cc(F)c(O)c(F)c4F)CC3)n2)nn1. The van der Waals surface area contributed by atoms with Gasteiger partial charge in [0.2, 0.25) is 17.5 Å². The molecule has 1 fully saturated rings. The lowest BCUT2D eigenvalue weighted by atomic mass is 9.82. The van der Waals surface area contributed by atoms with Crippen molar-refractivity contribution in [1.29, 1.82) is 0 Å². The highest BCUT2D eigenvalue weighted by Gasteiger charge is 2.28. The van der Waals surface area contributed by atoms with Gasteiger partial charge in [0, 0.05) is 12.5 Å². The number of amides is 1. The van der Waals surface area contributed by atoms with Gasteiger partial charge >= 0.3 is 0 Å². The van der Waals surface area contributed by atoms with Gasteiger partial charge in [0.25, 0.3) is 5.91 Å². The molecule has 4 rings (SSSR count). The number of rotatable bonds is 5. The third-order valence-electron chi connectivity index (χ3n) is 5.59. The Labute approximate surface area is 180 Å². The van der Waals surface area contributed by atoms with Crippen LogP contribution in [0, 0.1) is 30.3 Å². The van der Waals surface area contributed by atoms with Crippen molar-refractivity contribution in [2.45, 2.75) is 38.5 Å². The van der Waals surface area contributed by atoms with Gasteiger partial charge < -0.3 is 14.9 Å². The summed E-state index contributed by atoms with van der Waals surface area (Å²) in [6.07, 6.45) is 2.98. The number of phenolic OH excluding ortho intramolecular Hbond substituents is 1. The number of aromatic nitrogens is 4. The Morgan fingerprint density at radius 3 is 2.59 bits per heavy atom. The minimum absolute atomic E-state index is 0.0688. The van der Waals surface area contributed by atoms with Crippen molar-refractivity contribution < 1.29 is 27.6 Å². The molecular weight excluding hydrogens is 427 g/mol. The zero-order chi connectivity index (χ0) is 22.8. The summed E-state index contributed by atoms with van der Waals surface area (Å²) in [6.45, 7) is 2.06. The first-order valence-corrected chi connectivity index (χ1v) is 10.1. The lowest BCUT2D eigenvalue weighted by molar-refractivity contribution is 0.0936. The van der Waals surface area contributed by atoms with Crippen LogP contribution in [-0.4, -0.2) is 37.9 Å². The second-order valence-corrected chi connectivity index (χ2v) is 7.83. The number of carbonyl (C=O) groups is 1. The summed E-state index contributed by atoms with van der Waals surface area (Å²) in [4.78, 5) is 16.6. The molecule has 1 saturated carbocycles. The van der Waals surface area contributed by atoms with Crippen LogP contribution < -0.4 is 5.32 Å². The Kier molecular flexibility index (Phi) is 6.06. The first kappa shape index (κ1) is 21.7. The van der Waals surface area contributed by atoms with Gasteiger partial charge in [-0.05, 0) is 56.7 Å². The number of aromatic hydroxyl groups is 1. The van der Waals surface area contributed by atoms with E-state index in [2.05, 4.69) is 25.7 Å². The number of nitrogens with zero attached hydrogens (tertiary/aromatic N) is 4. The minimum atomic E-state index is -1.79. The Balaban J connectivity index is 1.31. The molecule has 11 heteroatoms. The van der Waals surface area contributed by atoms with E-state index in [1.807, 2.05) is 13.0 Å². The number of phenols is 1. The number of halogens is 3. The minimum Gasteiger partial charge on any atom is -0.503 e. The second kappa shape index (κ2) is 8.93. The largest absolute Gasteiger partial charge is 0.503 e. The number of aryl methyl sites for hydroxylation is 1. The lowest BCUT2D eigenvalue weighted by Gasteiger charge is -2.26. The summed E-state index contributed by atoms with van der Waals surface area (Å²) in [5.74, 6) is -6.10. The molecule has 0 atom stereocenters. The third kappa shape index (κ3) is 4.41. The highest BCUT2D eigenvalue weighted by atomic mass is 19.2. The van der Waals surface area contributed by atoms with Crippen LogP contribution >= 0.6 is 0 Å². The molecule has 0 saturated heterocycles. The van der Waals surface area contributed by atoms with E-state index in [-0.39, 0.29) is 18.4 Å². The Morgan fingerprint density at radius 1 is 1.16 bits per heavy atom. The van der Waals surface area contributed by atoms with Gasteiger partial charge in [-0.3, -0.25) is 4.79 Å². The van der Waals surface area contributed by atoms with Crippen molar-refractivity contribution in [1.82, 2.24) is 25.7 Å². The van der Waals surface area contributed by atoms with E-state index in [0.717, 1.165) is 31.4 Å². The van der Waals surface area contributed by atoms with Crippen molar-refractivity contribution in [2.24, 2.45) is 5.92 Å². The van der Waals surface area contributed by atoms with Crippen LogP contribution in [0.3, 0.4) is 0 Å². The van der Waals surface area contributed by atoms with E-state index in [1.165, 1.54) is 0 Å². The van der Waals surface area contributed by atoms with E-state index in [4.69, 9.17) is 9.63 Å². The molecule has 0 radical (unpaired) electrons. The second-order valence-electron chi connectivity index (χ2n) is 7.83. The molecule has 1 amide bonds. The van der Waals surface area contributed by atoms with Crippen LogP contribution in [-0.2, 0) is 0 Å². The van der Waals surface area contributed by atoms with E-state index in [9.17, 15) is 18.0 Å². The molecule has 0 unspecified atom stereocenters. The maximum Gasteiger partial charge on any atom is 0.254 e. The highest BCUT2D eigenvalue weighted by Crippen LogP contribution is 2.35. The number of carbonyl (C=O) groups excluding carboxylic acids is 1. The molecule has 1 aliphatic rings. The zero-order valence-corrected chi connectivity index (χ0v) is 17.1. The number of benzene rings is 1. The molecule has 2 heterocycles. The summed E-state index contributed by atoms with van der Waals surface area (Å²) in [5.41, 5.74) is 0.520. The molecule has 1 aromatic carbocycles. The maximum atomic E-state index is 13.8. The average Bonchev–Trinajstić information content (AvgIpc) is 3.29. The summed E-state index contributed by atoms with van der Waals surface area (Å²) in [6, 6.07) is 4.06. The van der Waals surface area contributed by atoms with Crippen LogP contribution in [0.5, 0.6) is 5.75 Å². The summed E-state index contributed by atoms with van der Waals surface area (Å²) in [5, 5.41) is 23.6. The number of nitrogens with one attached hydrogen (secondary N) is 1.